The Labute approximate surface area is 200 Å². The fraction of sp³-hybridized carbons (Fsp3) is 0.609. The van der Waals surface area contributed by atoms with Gasteiger partial charge >= 0.3 is 6.09 Å². The van der Waals surface area contributed by atoms with E-state index in [0.717, 1.165) is 17.7 Å². The summed E-state index contributed by atoms with van der Waals surface area (Å²) >= 11 is 1.50. The highest BCUT2D eigenvalue weighted by atomic mass is 32.2. The largest absolute Gasteiger partial charge is 0.444 e. The zero-order valence-electron chi connectivity index (χ0n) is 19.4. The standard InChI is InChI=1S/C23H33N3O5S2/c1-23(2,3)31-22(28)26-14-15-32-18-8-10-19(11-9-18)33(29,30)16-17-6-4-5-7-20(17)21(27)25-13-12-24/h8-11,17,20H,4-7,13-16H2,1-3H3,(H,25,27)(H,26,28)/t17-,20+/m1/s1. The molecule has 0 saturated heterocycles. The number of carbonyl (C=O) groups excluding carboxylic acids is 2. The Kier molecular flexibility index (Phi) is 10.0. The maximum absolute atomic E-state index is 13.0. The number of sulfone groups is 1. The van der Waals surface area contributed by atoms with Gasteiger partial charge in [0.1, 0.15) is 12.1 Å². The molecule has 0 aromatic heterocycles. The second-order valence-electron chi connectivity index (χ2n) is 9.06. The highest BCUT2D eigenvalue weighted by Crippen LogP contribution is 2.33. The number of carbonyl (C=O) groups is 2. The van der Waals surface area contributed by atoms with Crippen molar-refractivity contribution in [2.75, 3.05) is 24.6 Å². The predicted octanol–water partition coefficient (Wildman–Crippen LogP) is 3.52. The molecule has 1 aliphatic rings. The molecule has 2 amide bonds. The number of nitriles is 1. The Morgan fingerprint density at radius 1 is 1.15 bits per heavy atom. The maximum atomic E-state index is 13.0. The predicted molar refractivity (Wildman–Crippen MR) is 128 cm³/mol. The van der Waals surface area contributed by atoms with E-state index >= 15 is 0 Å². The van der Waals surface area contributed by atoms with Crippen LogP contribution in [0.5, 0.6) is 0 Å². The fourth-order valence-corrected chi connectivity index (χ4v) is 6.24. The first kappa shape index (κ1) is 27.0. The van der Waals surface area contributed by atoms with Crippen molar-refractivity contribution in [3.8, 4) is 6.07 Å². The molecule has 10 heteroatoms. The van der Waals surface area contributed by atoms with E-state index in [9.17, 15) is 18.0 Å². The van der Waals surface area contributed by atoms with Gasteiger partial charge in [-0.15, -0.1) is 11.8 Å². The fourth-order valence-electron chi connectivity index (χ4n) is 3.77. The summed E-state index contributed by atoms with van der Waals surface area (Å²) in [5.74, 6) is -0.329. The van der Waals surface area contributed by atoms with E-state index in [2.05, 4.69) is 10.6 Å². The molecule has 2 atom stereocenters. The number of rotatable bonds is 9. The highest BCUT2D eigenvalue weighted by molar-refractivity contribution is 7.99. The van der Waals surface area contributed by atoms with E-state index in [1.54, 1.807) is 45.0 Å². The molecular weight excluding hydrogens is 462 g/mol. The number of benzene rings is 1. The molecule has 8 nitrogen and oxygen atoms in total. The van der Waals surface area contributed by atoms with Crippen LogP contribution in [-0.4, -0.2) is 50.6 Å². The van der Waals surface area contributed by atoms with E-state index in [4.69, 9.17) is 10.00 Å². The number of nitrogens with zero attached hydrogens (tertiary/aromatic N) is 1. The van der Waals surface area contributed by atoms with Gasteiger partial charge in [-0.2, -0.15) is 5.26 Å². The molecule has 33 heavy (non-hydrogen) atoms. The van der Waals surface area contributed by atoms with Crippen molar-refractivity contribution in [3.05, 3.63) is 24.3 Å². The van der Waals surface area contributed by atoms with Gasteiger partial charge in [0.2, 0.25) is 5.91 Å². The van der Waals surface area contributed by atoms with Gasteiger partial charge in [0.15, 0.2) is 9.84 Å². The minimum absolute atomic E-state index is 0.0682. The van der Waals surface area contributed by atoms with Crippen molar-refractivity contribution in [1.29, 1.82) is 5.26 Å². The molecule has 2 rings (SSSR count). The van der Waals surface area contributed by atoms with E-state index in [-0.39, 0.29) is 34.9 Å². The van der Waals surface area contributed by atoms with Gasteiger partial charge < -0.3 is 15.4 Å². The summed E-state index contributed by atoms with van der Waals surface area (Å²) in [6.45, 7) is 5.76. The van der Waals surface area contributed by atoms with Crippen molar-refractivity contribution in [3.63, 3.8) is 0 Å². The lowest BCUT2D eigenvalue weighted by Gasteiger charge is -2.30. The molecule has 0 spiro atoms. The number of hydrogen-bond donors (Lipinski definition) is 2. The van der Waals surface area contributed by atoms with Crippen LogP contribution in [-0.2, 0) is 19.4 Å². The Hall–Kier alpha value is -2.25. The zero-order chi connectivity index (χ0) is 24.5. The molecule has 1 aromatic carbocycles. The van der Waals surface area contributed by atoms with Crippen LogP contribution in [0, 0.1) is 23.2 Å². The third kappa shape index (κ3) is 9.26. The second kappa shape index (κ2) is 12.3. The van der Waals surface area contributed by atoms with Crippen molar-refractivity contribution in [2.24, 2.45) is 11.8 Å². The number of thioether (sulfide) groups is 1. The molecule has 0 heterocycles. The lowest BCUT2D eigenvalue weighted by atomic mass is 9.80. The first-order chi connectivity index (χ1) is 15.5. The Morgan fingerprint density at radius 2 is 1.82 bits per heavy atom. The SMILES string of the molecule is CC(C)(C)OC(=O)NCCSc1ccc(S(=O)(=O)C[C@H]2CCCC[C@@H]2C(=O)NCC#N)cc1. The van der Waals surface area contributed by atoms with E-state index in [1.165, 1.54) is 11.8 Å². The van der Waals surface area contributed by atoms with E-state index in [0.29, 0.717) is 25.1 Å². The van der Waals surface area contributed by atoms with Crippen LogP contribution in [0.2, 0.25) is 0 Å². The van der Waals surface area contributed by atoms with Crippen LogP contribution in [0.15, 0.2) is 34.1 Å². The summed E-state index contributed by atoms with van der Waals surface area (Å²) in [5.41, 5.74) is -0.545. The molecule has 1 aliphatic carbocycles. The third-order valence-corrected chi connectivity index (χ3v) is 8.11. The number of alkyl carbamates (subject to hydrolysis) is 1. The smallest absolute Gasteiger partial charge is 0.407 e. The van der Waals surface area contributed by atoms with Crippen molar-refractivity contribution >= 4 is 33.6 Å². The molecule has 0 aliphatic heterocycles. The van der Waals surface area contributed by atoms with Crippen LogP contribution in [0.3, 0.4) is 0 Å². The van der Waals surface area contributed by atoms with Gasteiger partial charge in [-0.1, -0.05) is 12.8 Å². The molecule has 0 bridgehead atoms. The summed E-state index contributed by atoms with van der Waals surface area (Å²) in [7, 11) is -3.55. The van der Waals surface area contributed by atoms with Crippen LogP contribution in [0.1, 0.15) is 46.5 Å². The summed E-state index contributed by atoms with van der Waals surface area (Å²) in [6, 6.07) is 8.57. The van der Waals surface area contributed by atoms with Gasteiger partial charge in [0, 0.05) is 23.1 Å². The normalized spacial score (nSPS) is 18.7. The Balaban J connectivity index is 1.90. The second-order valence-corrected chi connectivity index (χ2v) is 12.3. The lowest BCUT2D eigenvalue weighted by Crippen LogP contribution is -2.39. The van der Waals surface area contributed by atoms with Crippen molar-refractivity contribution < 1.29 is 22.7 Å². The van der Waals surface area contributed by atoms with Crippen LogP contribution >= 0.6 is 11.8 Å². The van der Waals surface area contributed by atoms with Crippen LogP contribution in [0.25, 0.3) is 0 Å². The zero-order valence-corrected chi connectivity index (χ0v) is 21.1. The highest BCUT2D eigenvalue weighted by Gasteiger charge is 2.34. The molecule has 1 fully saturated rings. The lowest BCUT2D eigenvalue weighted by molar-refractivity contribution is -0.127. The van der Waals surface area contributed by atoms with E-state index < -0.39 is 21.5 Å². The summed E-state index contributed by atoms with van der Waals surface area (Å²) in [6.07, 6.45) is 2.64. The maximum Gasteiger partial charge on any atom is 0.407 e. The van der Waals surface area contributed by atoms with Gasteiger partial charge in [-0.25, -0.2) is 13.2 Å². The Morgan fingerprint density at radius 3 is 2.45 bits per heavy atom. The first-order valence-electron chi connectivity index (χ1n) is 11.1. The quantitative estimate of drug-likeness (QED) is 0.305. The molecule has 0 radical (unpaired) electrons. The summed E-state index contributed by atoms with van der Waals surface area (Å²) in [5, 5.41) is 13.9. The minimum atomic E-state index is -3.55. The third-order valence-electron chi connectivity index (χ3n) is 5.24. The molecule has 182 valence electrons. The topological polar surface area (TPSA) is 125 Å². The molecule has 1 aromatic rings. The molecular formula is C23H33N3O5S2. The van der Waals surface area contributed by atoms with Gasteiger partial charge in [-0.3, -0.25) is 4.79 Å². The average Bonchev–Trinajstić information content (AvgIpc) is 2.74. The van der Waals surface area contributed by atoms with Crippen molar-refractivity contribution in [1.82, 2.24) is 10.6 Å². The van der Waals surface area contributed by atoms with Crippen LogP contribution < -0.4 is 10.6 Å². The number of hydrogen-bond acceptors (Lipinski definition) is 7. The molecule has 0 unspecified atom stereocenters. The Bertz CT molecular complexity index is 950. The average molecular weight is 496 g/mol. The van der Waals surface area contributed by atoms with Crippen LogP contribution in [0.4, 0.5) is 4.79 Å². The first-order valence-corrected chi connectivity index (χ1v) is 13.7. The van der Waals surface area contributed by atoms with E-state index in [1.807, 2.05) is 6.07 Å². The minimum Gasteiger partial charge on any atom is -0.444 e. The van der Waals surface area contributed by atoms with Gasteiger partial charge in [-0.05, 0) is 63.8 Å². The number of ether oxygens (including phenoxy) is 1. The molecule has 2 N–H and O–H groups in total. The summed E-state index contributed by atoms with van der Waals surface area (Å²) < 4.78 is 31.2. The van der Waals surface area contributed by atoms with Gasteiger partial charge in [0.25, 0.3) is 0 Å². The summed E-state index contributed by atoms with van der Waals surface area (Å²) in [4.78, 5) is 25.2. The number of amides is 2. The monoisotopic (exact) mass is 495 g/mol. The molecule has 1 saturated carbocycles. The van der Waals surface area contributed by atoms with Gasteiger partial charge in [0.05, 0.1) is 16.7 Å². The van der Waals surface area contributed by atoms with Crippen molar-refractivity contribution in [2.45, 2.75) is 61.8 Å². The number of nitrogens with one attached hydrogen (secondary N) is 2.